The van der Waals surface area contributed by atoms with Crippen LogP contribution in [-0.2, 0) is 9.59 Å². The summed E-state index contributed by atoms with van der Waals surface area (Å²) in [7, 11) is 0. The van der Waals surface area contributed by atoms with E-state index in [0.717, 1.165) is 4.90 Å². The normalized spacial score (nSPS) is 15.8. The molecule has 2 rings (SSSR count). The molecule has 0 atom stereocenters. The number of hydrogen-bond acceptors (Lipinski definition) is 3. The van der Waals surface area contributed by atoms with E-state index in [1.807, 2.05) is 5.32 Å². The first-order valence-corrected chi connectivity index (χ1v) is 4.84. The van der Waals surface area contributed by atoms with E-state index < -0.39 is 17.8 Å². The highest BCUT2D eigenvalue weighted by Gasteiger charge is 2.38. The summed E-state index contributed by atoms with van der Waals surface area (Å²) < 4.78 is 0.572. The van der Waals surface area contributed by atoms with Crippen LogP contribution in [-0.4, -0.2) is 17.8 Å². The fourth-order valence-corrected chi connectivity index (χ4v) is 1.71. The van der Waals surface area contributed by atoms with Crippen LogP contribution in [0.25, 0.3) is 0 Å². The second kappa shape index (κ2) is 3.47. The molecule has 1 aromatic carbocycles. The van der Waals surface area contributed by atoms with Crippen LogP contribution in [0, 0.1) is 0 Å². The number of amides is 4. The Bertz CT molecular complexity index is 472. The Labute approximate surface area is 93.2 Å². The molecule has 1 heterocycles. The molecule has 0 radical (unpaired) electrons. The third-order valence-electron chi connectivity index (χ3n) is 1.91. The van der Waals surface area contributed by atoms with Crippen molar-refractivity contribution < 1.29 is 14.4 Å². The number of benzene rings is 1. The fraction of sp³-hybridized carbons (Fsp3) is 0. The zero-order valence-electron chi connectivity index (χ0n) is 7.36. The molecule has 6 heteroatoms. The summed E-state index contributed by atoms with van der Waals surface area (Å²) in [5, 5.41) is 1.92. The van der Waals surface area contributed by atoms with Gasteiger partial charge in [0.1, 0.15) is 0 Å². The number of nitrogens with one attached hydrogen (secondary N) is 1. The Balaban J connectivity index is 2.48. The van der Waals surface area contributed by atoms with Gasteiger partial charge in [0.25, 0.3) is 0 Å². The first kappa shape index (κ1) is 9.85. The van der Waals surface area contributed by atoms with Crippen LogP contribution >= 0.6 is 15.9 Å². The van der Waals surface area contributed by atoms with Gasteiger partial charge in [-0.1, -0.05) is 12.1 Å². The van der Waals surface area contributed by atoms with Crippen molar-refractivity contribution in [2.75, 3.05) is 4.90 Å². The van der Waals surface area contributed by atoms with Crippen molar-refractivity contribution in [1.82, 2.24) is 5.32 Å². The number of anilines is 1. The molecule has 0 spiro atoms. The number of para-hydroxylation sites is 1. The quantitative estimate of drug-likeness (QED) is 0.611. The van der Waals surface area contributed by atoms with Crippen molar-refractivity contribution >= 4 is 39.5 Å². The molecule has 1 aliphatic rings. The summed E-state index contributed by atoms with van der Waals surface area (Å²) in [6.07, 6.45) is 0. The van der Waals surface area contributed by atoms with E-state index in [-0.39, 0.29) is 0 Å². The second-order valence-electron chi connectivity index (χ2n) is 2.85. The maximum Gasteiger partial charge on any atom is 0.336 e. The minimum Gasteiger partial charge on any atom is -0.269 e. The lowest BCUT2D eigenvalue weighted by Crippen LogP contribution is -2.30. The minimum atomic E-state index is -0.907. The van der Waals surface area contributed by atoms with Crippen LogP contribution in [0.4, 0.5) is 10.5 Å². The van der Waals surface area contributed by atoms with Gasteiger partial charge in [-0.25, -0.2) is 9.69 Å². The zero-order valence-corrected chi connectivity index (χ0v) is 8.95. The van der Waals surface area contributed by atoms with Gasteiger partial charge in [-0.3, -0.25) is 14.9 Å². The van der Waals surface area contributed by atoms with Gasteiger partial charge in [-0.2, -0.15) is 0 Å². The third kappa shape index (κ3) is 1.52. The van der Waals surface area contributed by atoms with Crippen molar-refractivity contribution in [1.29, 1.82) is 0 Å². The van der Waals surface area contributed by atoms with E-state index in [2.05, 4.69) is 15.9 Å². The summed E-state index contributed by atoms with van der Waals surface area (Å²) in [5.74, 6) is -1.78. The van der Waals surface area contributed by atoms with E-state index in [4.69, 9.17) is 0 Å². The number of halogens is 1. The first-order chi connectivity index (χ1) is 7.11. The number of nitrogens with zero attached hydrogens (tertiary/aromatic N) is 1. The lowest BCUT2D eigenvalue weighted by Gasteiger charge is -2.12. The highest BCUT2D eigenvalue weighted by molar-refractivity contribution is 9.10. The fourth-order valence-electron chi connectivity index (χ4n) is 1.25. The van der Waals surface area contributed by atoms with Crippen LogP contribution in [0.15, 0.2) is 28.7 Å². The average molecular weight is 269 g/mol. The molecule has 0 saturated carbocycles. The first-order valence-electron chi connectivity index (χ1n) is 4.05. The largest absolute Gasteiger partial charge is 0.336 e. The van der Waals surface area contributed by atoms with Crippen molar-refractivity contribution in [2.45, 2.75) is 0 Å². The smallest absolute Gasteiger partial charge is 0.269 e. The molecule has 0 aliphatic carbocycles. The molecule has 0 unspecified atom stereocenters. The Hall–Kier alpha value is -1.69. The van der Waals surface area contributed by atoms with E-state index in [9.17, 15) is 14.4 Å². The number of rotatable bonds is 1. The van der Waals surface area contributed by atoms with Crippen molar-refractivity contribution in [3.05, 3.63) is 28.7 Å². The lowest BCUT2D eigenvalue weighted by atomic mass is 10.3. The topological polar surface area (TPSA) is 66.5 Å². The Morgan fingerprint density at radius 3 is 2.33 bits per heavy atom. The SMILES string of the molecule is O=C1NC(=O)N(c2ccccc2Br)C1=O. The van der Waals surface area contributed by atoms with Gasteiger partial charge in [0.2, 0.25) is 0 Å². The van der Waals surface area contributed by atoms with E-state index in [0.29, 0.717) is 10.2 Å². The van der Waals surface area contributed by atoms with Crippen molar-refractivity contribution in [2.24, 2.45) is 0 Å². The summed E-state index contributed by atoms with van der Waals surface area (Å²) in [5.41, 5.74) is 0.353. The lowest BCUT2D eigenvalue weighted by molar-refractivity contribution is -0.134. The zero-order chi connectivity index (χ0) is 11.0. The second-order valence-corrected chi connectivity index (χ2v) is 3.71. The third-order valence-corrected chi connectivity index (χ3v) is 2.58. The molecular formula is C9H5BrN2O3. The van der Waals surface area contributed by atoms with Gasteiger partial charge in [-0.15, -0.1) is 0 Å². The number of urea groups is 1. The molecule has 15 heavy (non-hydrogen) atoms. The van der Waals surface area contributed by atoms with E-state index in [1.54, 1.807) is 24.3 Å². The molecule has 1 saturated heterocycles. The average Bonchev–Trinajstić information content (AvgIpc) is 2.43. The van der Waals surface area contributed by atoms with Crippen LogP contribution in [0.1, 0.15) is 0 Å². The van der Waals surface area contributed by atoms with Gasteiger partial charge in [0, 0.05) is 4.47 Å². The number of carbonyl (C=O) groups is 3. The van der Waals surface area contributed by atoms with Crippen molar-refractivity contribution in [3.8, 4) is 0 Å². The van der Waals surface area contributed by atoms with Crippen LogP contribution in [0.2, 0.25) is 0 Å². The van der Waals surface area contributed by atoms with Gasteiger partial charge in [0.05, 0.1) is 5.69 Å². The molecule has 4 amide bonds. The van der Waals surface area contributed by atoms with Gasteiger partial charge in [0.15, 0.2) is 0 Å². The maximum atomic E-state index is 11.3. The van der Waals surface area contributed by atoms with Gasteiger partial charge < -0.3 is 0 Å². The Morgan fingerprint density at radius 2 is 1.80 bits per heavy atom. The molecule has 1 aliphatic heterocycles. The summed E-state index contributed by atoms with van der Waals surface area (Å²) in [4.78, 5) is 34.4. The molecule has 1 N–H and O–H groups in total. The van der Waals surface area contributed by atoms with Gasteiger partial charge in [-0.05, 0) is 28.1 Å². The predicted molar refractivity (Wildman–Crippen MR) is 55.2 cm³/mol. The molecule has 0 bridgehead atoms. The van der Waals surface area contributed by atoms with E-state index >= 15 is 0 Å². The molecule has 1 aromatic rings. The summed E-state index contributed by atoms with van der Waals surface area (Å²) in [6.45, 7) is 0. The number of imide groups is 2. The molecule has 1 fully saturated rings. The Kier molecular flexibility index (Phi) is 2.28. The van der Waals surface area contributed by atoms with Gasteiger partial charge >= 0.3 is 17.8 Å². The van der Waals surface area contributed by atoms with Crippen LogP contribution in [0.3, 0.4) is 0 Å². The summed E-state index contributed by atoms with van der Waals surface area (Å²) in [6, 6.07) is 5.94. The molecule has 5 nitrogen and oxygen atoms in total. The predicted octanol–water partition coefficient (Wildman–Crippen LogP) is 1.03. The molecule has 0 aromatic heterocycles. The minimum absolute atomic E-state index is 0.353. The molecular weight excluding hydrogens is 264 g/mol. The standard InChI is InChI=1S/C9H5BrN2O3/c10-5-3-1-2-4-6(5)12-8(14)7(13)11-9(12)15/h1-4H,(H,11,13,15). The number of carbonyl (C=O) groups excluding carboxylic acids is 3. The monoisotopic (exact) mass is 268 g/mol. The van der Waals surface area contributed by atoms with Crippen LogP contribution in [0.5, 0.6) is 0 Å². The maximum absolute atomic E-state index is 11.3. The number of hydrogen-bond donors (Lipinski definition) is 1. The van der Waals surface area contributed by atoms with Crippen molar-refractivity contribution in [3.63, 3.8) is 0 Å². The summed E-state index contributed by atoms with van der Waals surface area (Å²) >= 11 is 3.20. The van der Waals surface area contributed by atoms with E-state index in [1.165, 1.54) is 0 Å². The molecule has 76 valence electrons. The Morgan fingerprint density at radius 1 is 1.13 bits per heavy atom. The highest BCUT2D eigenvalue weighted by atomic mass is 79.9. The van der Waals surface area contributed by atoms with Crippen LogP contribution < -0.4 is 10.2 Å². The highest BCUT2D eigenvalue weighted by Crippen LogP contribution is 2.27.